The van der Waals surface area contributed by atoms with Crippen molar-refractivity contribution in [2.75, 3.05) is 0 Å². The van der Waals surface area contributed by atoms with E-state index in [0.717, 1.165) is 16.5 Å². The molecule has 1 unspecified atom stereocenters. The summed E-state index contributed by atoms with van der Waals surface area (Å²) in [7, 11) is 1.91. The van der Waals surface area contributed by atoms with Crippen LogP contribution in [-0.2, 0) is 7.05 Å². The van der Waals surface area contributed by atoms with Crippen molar-refractivity contribution in [3.63, 3.8) is 0 Å². The molecule has 4 nitrogen and oxygen atoms in total. The van der Waals surface area contributed by atoms with Gasteiger partial charge in [0, 0.05) is 19.1 Å². The Labute approximate surface area is 101 Å². The second-order valence-corrected chi connectivity index (χ2v) is 4.80. The maximum Gasteiger partial charge on any atom is 0.275 e. The number of aromatic nitrogens is 2. The van der Waals surface area contributed by atoms with Crippen LogP contribution in [0.5, 0.6) is 0 Å². The van der Waals surface area contributed by atoms with E-state index in [9.17, 15) is 4.79 Å². The van der Waals surface area contributed by atoms with E-state index < -0.39 is 0 Å². The third-order valence-electron chi connectivity index (χ3n) is 3.15. The van der Waals surface area contributed by atoms with Crippen LogP contribution >= 0.6 is 0 Å². The lowest BCUT2D eigenvalue weighted by molar-refractivity contribution is 0.447. The average molecular weight is 233 g/mol. The van der Waals surface area contributed by atoms with Crippen molar-refractivity contribution in [1.29, 1.82) is 0 Å². The molecular formula is C13H19N3O. The number of fused-ring (bicyclic) bond motifs is 1. The second kappa shape index (κ2) is 4.04. The van der Waals surface area contributed by atoms with Gasteiger partial charge in [-0.25, -0.2) is 4.68 Å². The maximum absolute atomic E-state index is 12.4. The minimum absolute atomic E-state index is 0.0467. The molecule has 0 saturated carbocycles. The lowest BCUT2D eigenvalue weighted by Crippen LogP contribution is -2.23. The summed E-state index contributed by atoms with van der Waals surface area (Å²) in [6, 6.07) is 5.85. The lowest BCUT2D eigenvalue weighted by Gasteiger charge is -2.10. The van der Waals surface area contributed by atoms with Crippen LogP contribution in [0.15, 0.2) is 23.0 Å². The molecule has 0 aliphatic carbocycles. The normalized spacial score (nSPS) is 13.5. The molecule has 1 aromatic carbocycles. The van der Waals surface area contributed by atoms with Gasteiger partial charge in [0.15, 0.2) is 0 Å². The summed E-state index contributed by atoms with van der Waals surface area (Å²) >= 11 is 0. The predicted molar refractivity (Wildman–Crippen MR) is 70.2 cm³/mol. The highest BCUT2D eigenvalue weighted by Gasteiger charge is 2.17. The number of rotatable bonds is 2. The summed E-state index contributed by atoms with van der Waals surface area (Å²) in [5.74, 6) is 0. The van der Waals surface area contributed by atoms with Crippen molar-refractivity contribution in [3.05, 3.63) is 34.1 Å². The Bertz CT molecular complexity index is 605. The molecule has 0 radical (unpaired) electrons. The molecule has 0 bridgehead atoms. The first-order valence-electron chi connectivity index (χ1n) is 5.90. The van der Waals surface area contributed by atoms with Crippen molar-refractivity contribution in [2.24, 2.45) is 12.8 Å². The third-order valence-corrected chi connectivity index (χ3v) is 3.15. The smallest absolute Gasteiger partial charge is 0.275 e. The number of nitrogens with two attached hydrogens (primary N) is 1. The van der Waals surface area contributed by atoms with Crippen molar-refractivity contribution < 1.29 is 0 Å². The van der Waals surface area contributed by atoms with E-state index in [0.29, 0.717) is 0 Å². The minimum Gasteiger partial charge on any atom is -0.324 e. The highest BCUT2D eigenvalue weighted by atomic mass is 16.1. The van der Waals surface area contributed by atoms with E-state index in [1.165, 1.54) is 0 Å². The van der Waals surface area contributed by atoms with E-state index in [4.69, 9.17) is 5.73 Å². The Morgan fingerprint density at radius 1 is 1.24 bits per heavy atom. The fourth-order valence-electron chi connectivity index (χ4n) is 2.39. The SMILES string of the molecule is CC(N)c1cccc2c1c(=O)n(C(C)C)n2C. The van der Waals surface area contributed by atoms with Gasteiger partial charge in [-0.3, -0.25) is 9.48 Å². The van der Waals surface area contributed by atoms with Crippen LogP contribution in [0, 0.1) is 0 Å². The second-order valence-electron chi connectivity index (χ2n) is 4.80. The molecule has 17 heavy (non-hydrogen) atoms. The van der Waals surface area contributed by atoms with Crippen LogP contribution in [0.25, 0.3) is 10.9 Å². The number of nitrogens with zero attached hydrogens (tertiary/aromatic N) is 2. The maximum atomic E-state index is 12.4. The molecule has 2 aromatic rings. The molecule has 1 atom stereocenters. The largest absolute Gasteiger partial charge is 0.324 e. The van der Waals surface area contributed by atoms with Gasteiger partial charge in [-0.15, -0.1) is 0 Å². The Kier molecular flexibility index (Phi) is 2.83. The molecule has 2 N–H and O–H groups in total. The van der Waals surface area contributed by atoms with Crippen LogP contribution in [0.1, 0.15) is 38.4 Å². The van der Waals surface area contributed by atoms with Gasteiger partial charge in [0.2, 0.25) is 0 Å². The van der Waals surface area contributed by atoms with Gasteiger partial charge in [-0.1, -0.05) is 12.1 Å². The van der Waals surface area contributed by atoms with Gasteiger partial charge in [-0.2, -0.15) is 0 Å². The summed E-state index contributed by atoms with van der Waals surface area (Å²) in [4.78, 5) is 12.4. The lowest BCUT2D eigenvalue weighted by atomic mass is 10.0. The number of hydrogen-bond acceptors (Lipinski definition) is 2. The zero-order valence-corrected chi connectivity index (χ0v) is 10.8. The molecule has 2 rings (SSSR count). The van der Waals surface area contributed by atoms with E-state index >= 15 is 0 Å². The first-order chi connectivity index (χ1) is 7.95. The van der Waals surface area contributed by atoms with Crippen LogP contribution in [0.3, 0.4) is 0 Å². The molecule has 0 saturated heterocycles. The molecule has 1 aromatic heterocycles. The van der Waals surface area contributed by atoms with Gasteiger partial charge in [-0.05, 0) is 32.4 Å². The number of benzene rings is 1. The van der Waals surface area contributed by atoms with E-state index in [-0.39, 0.29) is 17.6 Å². The zero-order chi connectivity index (χ0) is 12.7. The van der Waals surface area contributed by atoms with Crippen molar-refractivity contribution in [1.82, 2.24) is 9.36 Å². The molecule has 0 spiro atoms. The van der Waals surface area contributed by atoms with Crippen molar-refractivity contribution in [3.8, 4) is 0 Å². The summed E-state index contributed by atoms with van der Waals surface area (Å²) < 4.78 is 3.67. The van der Waals surface area contributed by atoms with E-state index in [1.54, 1.807) is 4.68 Å². The molecule has 0 fully saturated rings. The summed E-state index contributed by atoms with van der Waals surface area (Å²) in [5.41, 5.74) is 7.84. The van der Waals surface area contributed by atoms with E-state index in [1.807, 2.05) is 50.7 Å². The first kappa shape index (κ1) is 11.9. The first-order valence-corrected chi connectivity index (χ1v) is 5.90. The predicted octanol–water partition coefficient (Wildman–Crippen LogP) is 1.94. The Morgan fingerprint density at radius 2 is 1.88 bits per heavy atom. The fraction of sp³-hybridized carbons (Fsp3) is 0.462. The molecule has 4 heteroatoms. The number of aryl methyl sites for hydroxylation is 1. The molecule has 0 aliphatic rings. The van der Waals surface area contributed by atoms with E-state index in [2.05, 4.69) is 0 Å². The molecular weight excluding hydrogens is 214 g/mol. The van der Waals surface area contributed by atoms with Gasteiger partial charge >= 0.3 is 0 Å². The minimum atomic E-state index is -0.130. The highest BCUT2D eigenvalue weighted by Crippen LogP contribution is 2.21. The zero-order valence-electron chi connectivity index (χ0n) is 10.8. The Balaban J connectivity index is 2.93. The van der Waals surface area contributed by atoms with Crippen LogP contribution < -0.4 is 11.3 Å². The monoisotopic (exact) mass is 233 g/mol. The molecule has 0 amide bonds. The molecule has 0 aliphatic heterocycles. The van der Waals surface area contributed by atoms with Crippen LogP contribution in [0.4, 0.5) is 0 Å². The van der Waals surface area contributed by atoms with Crippen molar-refractivity contribution >= 4 is 10.9 Å². The summed E-state index contributed by atoms with van der Waals surface area (Å²) in [6.45, 7) is 5.92. The average Bonchev–Trinajstić information content (AvgIpc) is 2.51. The Hall–Kier alpha value is -1.55. The Morgan fingerprint density at radius 3 is 2.41 bits per heavy atom. The van der Waals surface area contributed by atoms with Gasteiger partial charge in [0.05, 0.1) is 10.9 Å². The molecule has 1 heterocycles. The quantitative estimate of drug-likeness (QED) is 0.861. The third kappa shape index (κ3) is 1.69. The van der Waals surface area contributed by atoms with Crippen LogP contribution in [-0.4, -0.2) is 9.36 Å². The highest BCUT2D eigenvalue weighted by molar-refractivity contribution is 5.82. The standard InChI is InChI=1S/C13H19N3O/c1-8(2)16-13(17)12-10(9(3)14)6-5-7-11(12)15(16)4/h5-9H,14H2,1-4H3. The van der Waals surface area contributed by atoms with Gasteiger partial charge < -0.3 is 5.73 Å². The summed E-state index contributed by atoms with van der Waals surface area (Å²) in [6.07, 6.45) is 0. The number of hydrogen-bond donors (Lipinski definition) is 1. The topological polar surface area (TPSA) is 53.0 Å². The van der Waals surface area contributed by atoms with Crippen LogP contribution in [0.2, 0.25) is 0 Å². The molecule has 92 valence electrons. The summed E-state index contributed by atoms with van der Waals surface area (Å²) in [5, 5.41) is 0.749. The van der Waals surface area contributed by atoms with Crippen molar-refractivity contribution in [2.45, 2.75) is 32.9 Å². The van der Waals surface area contributed by atoms with Gasteiger partial charge in [0.25, 0.3) is 5.56 Å². The fourth-order valence-corrected chi connectivity index (χ4v) is 2.39. The van der Waals surface area contributed by atoms with Gasteiger partial charge in [0.1, 0.15) is 0 Å².